The van der Waals surface area contributed by atoms with Gasteiger partial charge in [-0.3, -0.25) is 14.4 Å². The van der Waals surface area contributed by atoms with Gasteiger partial charge in [-0.15, -0.1) is 0 Å². The van der Waals surface area contributed by atoms with E-state index in [0.29, 0.717) is 12.0 Å². The molecule has 0 aromatic heterocycles. The van der Waals surface area contributed by atoms with Gasteiger partial charge in [-0.1, -0.05) is 60.8 Å². The smallest absolute Gasteiger partial charge is 0.384 e. The number of phenolic OH excluding ortho intramolecular Hbond substituents is 1. The van der Waals surface area contributed by atoms with E-state index in [2.05, 4.69) is 11.8 Å². The molecule has 0 amide bonds. The molecule has 1 fully saturated rings. The standard InChI is InChI=1S/C35H42O9/c1-9-10-13-44-23(37)12-11-20-14-21(17(2)3)22-15-33(7)16-34(8)26(18(4)5)29(39)24(19(6)36)31(41)35(34,43)32(42)27(33)30(40)25(22)28(20)38/h14,17-18,26,38,40-41,43H,9-10,13,15-16H2,1-8H3/t26?,33-,34-,35+/m1/s1. The lowest BCUT2D eigenvalue weighted by molar-refractivity contribution is -0.178. The highest BCUT2D eigenvalue weighted by molar-refractivity contribution is 6.24. The minimum absolute atomic E-state index is 0.00829. The Bertz CT molecular complexity index is 1600. The van der Waals surface area contributed by atoms with Crippen LogP contribution in [0.15, 0.2) is 23.0 Å². The Morgan fingerprint density at radius 1 is 1.11 bits per heavy atom. The first-order valence-corrected chi connectivity index (χ1v) is 15.2. The van der Waals surface area contributed by atoms with E-state index in [1.807, 2.05) is 20.8 Å². The van der Waals surface area contributed by atoms with E-state index in [-0.39, 0.29) is 42.1 Å². The number of hydrogen-bond acceptors (Lipinski definition) is 9. The van der Waals surface area contributed by atoms with Crippen molar-refractivity contribution >= 4 is 29.1 Å². The van der Waals surface area contributed by atoms with Crippen molar-refractivity contribution in [2.45, 2.75) is 92.6 Å². The fourth-order valence-electron chi connectivity index (χ4n) is 7.89. The van der Waals surface area contributed by atoms with Crippen LogP contribution < -0.4 is 0 Å². The molecule has 1 aromatic rings. The molecule has 4 rings (SSSR count). The van der Waals surface area contributed by atoms with Crippen molar-refractivity contribution in [3.63, 3.8) is 0 Å². The molecule has 9 nitrogen and oxygen atoms in total. The van der Waals surface area contributed by atoms with Crippen LogP contribution in [-0.2, 0) is 30.3 Å². The third-order valence-corrected chi connectivity index (χ3v) is 9.69. The number of aliphatic hydroxyl groups excluding tert-OH is 2. The zero-order valence-electron chi connectivity index (χ0n) is 26.7. The molecule has 9 heteroatoms. The molecule has 1 saturated carbocycles. The number of hydrogen-bond donors (Lipinski definition) is 4. The normalized spacial score (nSPS) is 27.9. The Kier molecular flexibility index (Phi) is 8.42. The SMILES string of the molecule is CCCCOC(=O)C#Cc1cc(C(C)C)c2c(c1O)C(O)=C1C(=O)[C@@]3(O)C(O)=C(C(C)=O)C(=O)C(C(C)C)[C@@]3(C)C[C@@]1(C)C2. The summed E-state index contributed by atoms with van der Waals surface area (Å²) in [4.78, 5) is 52.9. The summed E-state index contributed by atoms with van der Waals surface area (Å²) < 4.78 is 5.09. The molecule has 0 heterocycles. The molecule has 1 aromatic carbocycles. The van der Waals surface area contributed by atoms with Gasteiger partial charge in [0.05, 0.1) is 17.7 Å². The summed E-state index contributed by atoms with van der Waals surface area (Å²) in [6, 6.07) is 1.66. The minimum Gasteiger partial charge on any atom is -0.508 e. The van der Waals surface area contributed by atoms with Crippen molar-refractivity contribution in [3.05, 3.63) is 45.2 Å². The lowest BCUT2D eigenvalue weighted by Gasteiger charge is -2.59. The van der Waals surface area contributed by atoms with Crippen LogP contribution in [0.4, 0.5) is 0 Å². The molecular weight excluding hydrogens is 564 g/mol. The highest BCUT2D eigenvalue weighted by Gasteiger charge is 2.72. The largest absolute Gasteiger partial charge is 0.508 e. The van der Waals surface area contributed by atoms with E-state index in [4.69, 9.17) is 4.74 Å². The minimum atomic E-state index is -2.69. The Labute approximate surface area is 258 Å². The number of fused-ring (bicyclic) bond motifs is 3. The summed E-state index contributed by atoms with van der Waals surface area (Å²) >= 11 is 0. The third-order valence-electron chi connectivity index (χ3n) is 9.69. The number of aliphatic hydroxyl groups is 3. The van der Waals surface area contributed by atoms with Crippen molar-refractivity contribution in [1.29, 1.82) is 0 Å². The molecule has 44 heavy (non-hydrogen) atoms. The van der Waals surface area contributed by atoms with E-state index in [1.54, 1.807) is 33.8 Å². The molecule has 0 spiro atoms. The summed E-state index contributed by atoms with van der Waals surface area (Å²) in [5, 5.41) is 46.8. The Morgan fingerprint density at radius 2 is 1.75 bits per heavy atom. The number of aromatic hydroxyl groups is 1. The topological polar surface area (TPSA) is 158 Å². The first-order chi connectivity index (χ1) is 20.4. The zero-order chi connectivity index (χ0) is 33.1. The summed E-state index contributed by atoms with van der Waals surface area (Å²) in [5.41, 5.74) is -4.87. The number of allylic oxidation sites excluding steroid dienone is 1. The van der Waals surface area contributed by atoms with Gasteiger partial charge < -0.3 is 25.2 Å². The summed E-state index contributed by atoms with van der Waals surface area (Å²) in [6.07, 6.45) is 1.69. The Hall–Kier alpha value is -3.90. The number of carbonyl (C=O) groups excluding carboxylic acids is 4. The van der Waals surface area contributed by atoms with Gasteiger partial charge in [-0.05, 0) is 55.2 Å². The number of unbranched alkanes of at least 4 members (excludes halogenated alkanes) is 1. The molecular formula is C35H42O9. The average molecular weight is 607 g/mol. The van der Waals surface area contributed by atoms with Crippen molar-refractivity contribution < 1.29 is 44.3 Å². The second kappa shape index (κ2) is 11.2. The van der Waals surface area contributed by atoms with Crippen LogP contribution in [0.3, 0.4) is 0 Å². The summed E-state index contributed by atoms with van der Waals surface area (Å²) in [6.45, 7) is 14.0. The van der Waals surface area contributed by atoms with Crippen LogP contribution in [-0.4, -0.2) is 56.0 Å². The van der Waals surface area contributed by atoms with Gasteiger partial charge in [0, 0.05) is 28.2 Å². The van der Waals surface area contributed by atoms with Crippen LogP contribution in [0.5, 0.6) is 5.75 Å². The highest BCUT2D eigenvalue weighted by atomic mass is 16.5. The molecule has 3 aliphatic rings. The maximum absolute atomic E-state index is 14.5. The van der Waals surface area contributed by atoms with Crippen LogP contribution in [0, 0.1) is 34.5 Å². The summed E-state index contributed by atoms with van der Waals surface area (Å²) in [5.74, 6) is -1.75. The molecule has 236 valence electrons. The van der Waals surface area contributed by atoms with Gasteiger partial charge in [0.1, 0.15) is 22.8 Å². The zero-order valence-corrected chi connectivity index (χ0v) is 26.7. The number of ether oxygens (including phenoxy) is 1. The second-order valence-corrected chi connectivity index (χ2v) is 13.6. The van der Waals surface area contributed by atoms with Crippen LogP contribution in [0.25, 0.3) is 5.76 Å². The number of carbonyl (C=O) groups is 4. The predicted octanol–water partition coefficient (Wildman–Crippen LogP) is 5.01. The van der Waals surface area contributed by atoms with Crippen molar-refractivity contribution in [1.82, 2.24) is 0 Å². The second-order valence-electron chi connectivity index (χ2n) is 13.6. The molecule has 0 saturated heterocycles. The van der Waals surface area contributed by atoms with Crippen molar-refractivity contribution in [3.8, 4) is 17.6 Å². The van der Waals surface area contributed by atoms with Gasteiger partial charge >= 0.3 is 5.97 Å². The number of esters is 1. The lowest BCUT2D eigenvalue weighted by Crippen LogP contribution is -2.69. The van der Waals surface area contributed by atoms with E-state index in [0.717, 1.165) is 18.9 Å². The quantitative estimate of drug-likeness (QED) is 0.151. The Morgan fingerprint density at radius 3 is 2.30 bits per heavy atom. The number of phenols is 1. The number of benzene rings is 1. The average Bonchev–Trinajstić information content (AvgIpc) is 2.89. The van der Waals surface area contributed by atoms with Gasteiger partial charge in [0.25, 0.3) is 0 Å². The maximum Gasteiger partial charge on any atom is 0.384 e. The van der Waals surface area contributed by atoms with Crippen LogP contribution >= 0.6 is 0 Å². The molecule has 4 N–H and O–H groups in total. The molecule has 1 unspecified atom stereocenters. The van der Waals surface area contributed by atoms with Crippen LogP contribution in [0.2, 0.25) is 0 Å². The highest BCUT2D eigenvalue weighted by Crippen LogP contribution is 2.65. The first kappa shape index (κ1) is 33.0. The van der Waals surface area contributed by atoms with E-state index in [9.17, 15) is 39.6 Å². The fraction of sp³-hybridized carbons (Fsp3) is 0.543. The third kappa shape index (κ3) is 4.66. The van der Waals surface area contributed by atoms with Gasteiger partial charge in [-0.2, -0.15) is 0 Å². The van der Waals surface area contributed by atoms with Gasteiger partial charge in [0.2, 0.25) is 5.78 Å². The molecule has 0 aliphatic heterocycles. The first-order valence-electron chi connectivity index (χ1n) is 15.2. The number of rotatable bonds is 6. The van der Waals surface area contributed by atoms with Crippen molar-refractivity contribution in [2.24, 2.45) is 22.7 Å². The number of ketones is 3. The maximum atomic E-state index is 14.5. The fourth-order valence-corrected chi connectivity index (χ4v) is 7.89. The van der Waals surface area contributed by atoms with E-state index in [1.165, 1.54) is 0 Å². The number of Topliss-reactive ketones (excluding diaryl/α,β-unsaturated/α-hetero) is 3. The molecule has 3 aliphatic carbocycles. The molecule has 0 bridgehead atoms. The lowest BCUT2D eigenvalue weighted by atomic mass is 9.43. The van der Waals surface area contributed by atoms with E-state index >= 15 is 0 Å². The molecule has 0 radical (unpaired) electrons. The Balaban J connectivity index is 2.00. The van der Waals surface area contributed by atoms with E-state index < -0.39 is 74.4 Å². The molecule has 4 atom stereocenters. The van der Waals surface area contributed by atoms with Crippen LogP contribution in [0.1, 0.15) is 103 Å². The van der Waals surface area contributed by atoms with Gasteiger partial charge in [0.15, 0.2) is 17.2 Å². The predicted molar refractivity (Wildman–Crippen MR) is 163 cm³/mol. The van der Waals surface area contributed by atoms with Crippen molar-refractivity contribution in [2.75, 3.05) is 6.61 Å². The van der Waals surface area contributed by atoms with Gasteiger partial charge in [-0.25, -0.2) is 4.79 Å². The summed E-state index contributed by atoms with van der Waals surface area (Å²) in [7, 11) is 0. The monoisotopic (exact) mass is 606 g/mol.